The topological polar surface area (TPSA) is 67.4 Å². The molecule has 0 atom stereocenters. The number of amides is 2. The highest BCUT2D eigenvalue weighted by Gasteiger charge is 2.11. The van der Waals surface area contributed by atoms with Crippen LogP contribution in [0.25, 0.3) is 0 Å². The Hall–Kier alpha value is -2.82. The summed E-state index contributed by atoms with van der Waals surface area (Å²) in [5.74, 6) is 0.261. The van der Waals surface area contributed by atoms with E-state index < -0.39 is 0 Å². The van der Waals surface area contributed by atoms with Gasteiger partial charge in [0.15, 0.2) is 0 Å². The van der Waals surface area contributed by atoms with Crippen molar-refractivity contribution >= 4 is 23.2 Å². The Labute approximate surface area is 135 Å². The zero-order valence-corrected chi connectivity index (χ0v) is 13.3. The maximum Gasteiger partial charge on any atom is 0.259 e. The summed E-state index contributed by atoms with van der Waals surface area (Å²) in [6.07, 6.45) is 1.30. The third kappa shape index (κ3) is 4.57. The largest absolute Gasteiger partial charge is 0.496 e. The van der Waals surface area contributed by atoms with E-state index in [1.807, 2.05) is 13.0 Å². The standard InChI is InChI=1S/C18H20N2O3/c1-3-6-17(21)19-13-9-11-14(12-10-13)20-18(22)15-7-4-5-8-16(15)23-2/h4-5,7-12H,3,6H2,1-2H3,(H,19,21)(H,20,22). The van der Waals surface area contributed by atoms with E-state index in [1.54, 1.807) is 42.5 Å². The lowest BCUT2D eigenvalue weighted by molar-refractivity contribution is -0.116. The predicted molar refractivity (Wildman–Crippen MR) is 90.9 cm³/mol. The Balaban J connectivity index is 2.03. The summed E-state index contributed by atoms with van der Waals surface area (Å²) in [5, 5.41) is 5.61. The molecule has 0 saturated heterocycles. The fourth-order valence-electron chi connectivity index (χ4n) is 2.12. The molecule has 5 heteroatoms. The second kappa shape index (κ2) is 7.98. The molecule has 0 heterocycles. The number of methoxy groups -OCH3 is 1. The molecule has 2 aromatic carbocycles. The highest BCUT2D eigenvalue weighted by atomic mass is 16.5. The molecular formula is C18H20N2O3. The highest BCUT2D eigenvalue weighted by molar-refractivity contribution is 6.06. The van der Waals surface area contributed by atoms with Crippen LogP contribution in [0.4, 0.5) is 11.4 Å². The third-order valence-electron chi connectivity index (χ3n) is 3.26. The van der Waals surface area contributed by atoms with Gasteiger partial charge in [-0.3, -0.25) is 9.59 Å². The van der Waals surface area contributed by atoms with E-state index in [0.29, 0.717) is 29.1 Å². The minimum Gasteiger partial charge on any atom is -0.496 e. The second-order valence-corrected chi connectivity index (χ2v) is 5.03. The van der Waals surface area contributed by atoms with Crippen molar-refractivity contribution in [2.24, 2.45) is 0 Å². The van der Waals surface area contributed by atoms with Gasteiger partial charge in [0.05, 0.1) is 12.7 Å². The van der Waals surface area contributed by atoms with Gasteiger partial charge in [-0.15, -0.1) is 0 Å². The average Bonchev–Trinajstić information content (AvgIpc) is 2.56. The van der Waals surface area contributed by atoms with Crippen LogP contribution in [0.3, 0.4) is 0 Å². The van der Waals surface area contributed by atoms with Crippen LogP contribution in [0.2, 0.25) is 0 Å². The minimum absolute atomic E-state index is 0.0155. The first-order chi connectivity index (χ1) is 11.1. The number of anilines is 2. The van der Waals surface area contributed by atoms with Crippen LogP contribution in [0, 0.1) is 0 Å². The van der Waals surface area contributed by atoms with Crippen molar-refractivity contribution in [3.63, 3.8) is 0 Å². The number of benzene rings is 2. The average molecular weight is 312 g/mol. The lowest BCUT2D eigenvalue weighted by Gasteiger charge is -2.10. The number of ether oxygens (including phenoxy) is 1. The molecule has 0 radical (unpaired) electrons. The molecule has 0 spiro atoms. The summed E-state index contributed by atoms with van der Waals surface area (Å²) in [6.45, 7) is 1.95. The summed E-state index contributed by atoms with van der Waals surface area (Å²) >= 11 is 0. The molecule has 2 N–H and O–H groups in total. The summed E-state index contributed by atoms with van der Waals surface area (Å²) in [5.41, 5.74) is 1.82. The molecule has 0 aromatic heterocycles. The van der Waals surface area contributed by atoms with Gasteiger partial charge in [0.25, 0.3) is 5.91 Å². The van der Waals surface area contributed by atoms with Crippen LogP contribution in [-0.4, -0.2) is 18.9 Å². The highest BCUT2D eigenvalue weighted by Crippen LogP contribution is 2.20. The number of rotatable bonds is 6. The summed E-state index contributed by atoms with van der Waals surface area (Å²) in [7, 11) is 1.53. The fraction of sp³-hybridized carbons (Fsp3) is 0.222. The van der Waals surface area contributed by atoms with Gasteiger partial charge >= 0.3 is 0 Å². The van der Waals surface area contributed by atoms with Gasteiger partial charge in [-0.25, -0.2) is 0 Å². The van der Waals surface area contributed by atoms with E-state index in [4.69, 9.17) is 4.74 Å². The molecule has 2 rings (SSSR count). The van der Waals surface area contributed by atoms with Crippen LogP contribution in [0.15, 0.2) is 48.5 Å². The number of nitrogens with one attached hydrogen (secondary N) is 2. The molecule has 0 aliphatic carbocycles. The van der Waals surface area contributed by atoms with Crippen molar-refractivity contribution in [3.05, 3.63) is 54.1 Å². The summed E-state index contributed by atoms with van der Waals surface area (Å²) in [6, 6.07) is 14.0. The van der Waals surface area contributed by atoms with Gasteiger partial charge < -0.3 is 15.4 Å². The van der Waals surface area contributed by atoms with E-state index >= 15 is 0 Å². The Morgan fingerprint density at radius 2 is 1.57 bits per heavy atom. The van der Waals surface area contributed by atoms with Crippen LogP contribution in [-0.2, 0) is 4.79 Å². The molecule has 0 fully saturated rings. The first kappa shape index (κ1) is 16.5. The predicted octanol–water partition coefficient (Wildman–Crippen LogP) is 3.69. The number of hydrogen-bond donors (Lipinski definition) is 2. The van der Waals surface area contributed by atoms with Crippen LogP contribution in [0.5, 0.6) is 5.75 Å². The van der Waals surface area contributed by atoms with Gasteiger partial charge in [-0.05, 0) is 42.8 Å². The number of carbonyl (C=O) groups excluding carboxylic acids is 2. The molecule has 0 aliphatic heterocycles. The van der Waals surface area contributed by atoms with Gasteiger partial charge in [-0.2, -0.15) is 0 Å². The van der Waals surface area contributed by atoms with Crippen LogP contribution in [0.1, 0.15) is 30.1 Å². The molecule has 0 bridgehead atoms. The number of para-hydroxylation sites is 1. The van der Waals surface area contributed by atoms with Crippen LogP contribution >= 0.6 is 0 Å². The maximum atomic E-state index is 12.3. The maximum absolute atomic E-state index is 12.3. The molecule has 2 aromatic rings. The molecule has 2 amide bonds. The van der Waals surface area contributed by atoms with E-state index in [2.05, 4.69) is 10.6 Å². The SMILES string of the molecule is CCCC(=O)Nc1ccc(NC(=O)c2ccccc2OC)cc1. The third-order valence-corrected chi connectivity index (χ3v) is 3.26. The number of carbonyl (C=O) groups is 2. The molecule has 0 saturated carbocycles. The Morgan fingerprint density at radius 3 is 2.17 bits per heavy atom. The van der Waals surface area contributed by atoms with Crippen molar-refractivity contribution in [3.8, 4) is 5.75 Å². The smallest absolute Gasteiger partial charge is 0.259 e. The monoisotopic (exact) mass is 312 g/mol. The minimum atomic E-state index is -0.245. The first-order valence-electron chi connectivity index (χ1n) is 7.48. The van der Waals surface area contributed by atoms with Crippen molar-refractivity contribution in [2.45, 2.75) is 19.8 Å². The molecule has 5 nitrogen and oxygen atoms in total. The lowest BCUT2D eigenvalue weighted by Crippen LogP contribution is -2.13. The summed E-state index contributed by atoms with van der Waals surface area (Å²) in [4.78, 5) is 23.8. The van der Waals surface area contributed by atoms with Crippen molar-refractivity contribution in [1.82, 2.24) is 0 Å². The quantitative estimate of drug-likeness (QED) is 0.855. The second-order valence-electron chi connectivity index (χ2n) is 5.03. The zero-order valence-electron chi connectivity index (χ0n) is 13.3. The number of hydrogen-bond acceptors (Lipinski definition) is 3. The Morgan fingerprint density at radius 1 is 0.957 bits per heavy atom. The summed E-state index contributed by atoms with van der Waals surface area (Å²) < 4.78 is 5.18. The van der Waals surface area contributed by atoms with E-state index in [-0.39, 0.29) is 11.8 Å². The normalized spacial score (nSPS) is 10.0. The zero-order chi connectivity index (χ0) is 16.7. The van der Waals surface area contributed by atoms with Crippen molar-refractivity contribution in [1.29, 1.82) is 0 Å². The molecule has 0 unspecified atom stereocenters. The van der Waals surface area contributed by atoms with E-state index in [9.17, 15) is 9.59 Å². The van der Waals surface area contributed by atoms with Crippen molar-refractivity contribution < 1.29 is 14.3 Å². The Kier molecular flexibility index (Phi) is 5.74. The molecule has 0 aliphatic rings. The fourth-order valence-corrected chi connectivity index (χ4v) is 2.12. The molecule has 23 heavy (non-hydrogen) atoms. The van der Waals surface area contributed by atoms with E-state index in [0.717, 1.165) is 6.42 Å². The van der Waals surface area contributed by atoms with Crippen LogP contribution < -0.4 is 15.4 Å². The first-order valence-corrected chi connectivity index (χ1v) is 7.48. The molecular weight excluding hydrogens is 292 g/mol. The van der Waals surface area contributed by atoms with Gasteiger partial charge in [0.1, 0.15) is 5.75 Å². The Bertz CT molecular complexity index is 681. The van der Waals surface area contributed by atoms with Gasteiger partial charge in [-0.1, -0.05) is 19.1 Å². The van der Waals surface area contributed by atoms with Gasteiger partial charge in [0.2, 0.25) is 5.91 Å². The van der Waals surface area contributed by atoms with Crippen molar-refractivity contribution in [2.75, 3.05) is 17.7 Å². The molecule has 120 valence electrons. The lowest BCUT2D eigenvalue weighted by atomic mass is 10.2. The van der Waals surface area contributed by atoms with E-state index in [1.165, 1.54) is 7.11 Å². The van der Waals surface area contributed by atoms with Gasteiger partial charge in [0, 0.05) is 17.8 Å².